The quantitative estimate of drug-likeness (QED) is 0.413. The minimum Gasteiger partial charge on any atom is -0.495 e. The Morgan fingerprint density at radius 3 is 2.31 bits per heavy atom. The van der Waals surface area contributed by atoms with E-state index in [1.165, 1.54) is 13.2 Å². The second kappa shape index (κ2) is 11.0. The molecule has 0 saturated heterocycles. The lowest BCUT2D eigenvalue weighted by molar-refractivity contribution is -0.118. The number of rotatable bonds is 8. The van der Waals surface area contributed by atoms with Crippen LogP contribution in [-0.2, 0) is 9.59 Å². The summed E-state index contributed by atoms with van der Waals surface area (Å²) in [5.74, 6) is 0.209. The molecule has 2 amide bonds. The highest BCUT2D eigenvalue weighted by atomic mass is 16.5. The zero-order chi connectivity index (χ0) is 22.8. The third-order valence-electron chi connectivity index (χ3n) is 4.34. The number of carbonyl (C=O) groups is 2. The monoisotopic (exact) mass is 427 g/mol. The number of nitrogens with zero attached hydrogens (tertiary/aromatic N) is 1. The minimum absolute atomic E-state index is 0.0290. The van der Waals surface area contributed by atoms with Crippen LogP contribution in [0.15, 0.2) is 84.4 Å². The van der Waals surface area contributed by atoms with Crippen LogP contribution in [0.3, 0.4) is 0 Å². The smallest absolute Gasteiger partial charge is 0.266 e. The van der Waals surface area contributed by atoms with Crippen LogP contribution in [0.2, 0.25) is 0 Å². The SMILES string of the molecule is COc1ccccc1NC(=O)COc1ccc(C=C(C#N)C(=O)Nc2ccccc2)cc1. The van der Waals surface area contributed by atoms with Gasteiger partial charge in [-0.25, -0.2) is 0 Å². The first-order valence-corrected chi connectivity index (χ1v) is 9.73. The van der Waals surface area contributed by atoms with Crippen molar-refractivity contribution in [2.24, 2.45) is 0 Å². The number of nitrogens with one attached hydrogen (secondary N) is 2. The third-order valence-corrected chi connectivity index (χ3v) is 4.34. The summed E-state index contributed by atoms with van der Waals surface area (Å²) in [4.78, 5) is 24.5. The van der Waals surface area contributed by atoms with Gasteiger partial charge in [-0.1, -0.05) is 42.5 Å². The van der Waals surface area contributed by atoms with Crippen molar-refractivity contribution in [2.75, 3.05) is 24.4 Å². The van der Waals surface area contributed by atoms with E-state index in [0.29, 0.717) is 28.4 Å². The van der Waals surface area contributed by atoms with Crippen LogP contribution in [0.5, 0.6) is 11.5 Å². The Morgan fingerprint density at radius 1 is 0.938 bits per heavy atom. The summed E-state index contributed by atoms with van der Waals surface area (Å²) < 4.78 is 10.7. The van der Waals surface area contributed by atoms with Crippen LogP contribution >= 0.6 is 0 Å². The highest BCUT2D eigenvalue weighted by Crippen LogP contribution is 2.23. The zero-order valence-corrected chi connectivity index (χ0v) is 17.4. The fourth-order valence-corrected chi connectivity index (χ4v) is 2.78. The molecule has 0 aliphatic carbocycles. The molecule has 3 aromatic rings. The van der Waals surface area contributed by atoms with Crippen molar-refractivity contribution in [2.45, 2.75) is 0 Å². The molecule has 7 heteroatoms. The Labute approximate surface area is 185 Å². The van der Waals surface area contributed by atoms with Crippen LogP contribution in [0.25, 0.3) is 6.08 Å². The number of methoxy groups -OCH3 is 1. The lowest BCUT2D eigenvalue weighted by Gasteiger charge is -2.10. The van der Waals surface area contributed by atoms with Crippen LogP contribution in [0.1, 0.15) is 5.56 Å². The van der Waals surface area contributed by atoms with Crippen molar-refractivity contribution in [1.29, 1.82) is 5.26 Å². The average Bonchev–Trinajstić information content (AvgIpc) is 2.83. The summed E-state index contributed by atoms with van der Waals surface area (Å²) in [5, 5.41) is 14.7. The van der Waals surface area contributed by atoms with Gasteiger partial charge in [-0.3, -0.25) is 9.59 Å². The molecule has 3 rings (SSSR count). The molecular formula is C25H21N3O4. The molecule has 32 heavy (non-hydrogen) atoms. The summed E-state index contributed by atoms with van der Waals surface area (Å²) in [6.45, 7) is -0.184. The molecule has 0 heterocycles. The van der Waals surface area contributed by atoms with Gasteiger partial charge in [0.05, 0.1) is 12.8 Å². The fraction of sp³-hybridized carbons (Fsp3) is 0.0800. The summed E-state index contributed by atoms with van der Waals surface area (Å²) in [6, 6.07) is 24.6. The van der Waals surface area contributed by atoms with Crippen LogP contribution in [0.4, 0.5) is 11.4 Å². The van der Waals surface area contributed by atoms with Gasteiger partial charge in [0.2, 0.25) is 0 Å². The largest absolute Gasteiger partial charge is 0.495 e. The number of carbonyl (C=O) groups excluding carboxylic acids is 2. The Hall–Kier alpha value is -4.57. The van der Waals surface area contributed by atoms with Crippen molar-refractivity contribution < 1.29 is 19.1 Å². The Balaban J connectivity index is 1.57. The summed E-state index contributed by atoms with van der Waals surface area (Å²) in [7, 11) is 1.53. The number of para-hydroxylation sites is 3. The molecule has 0 radical (unpaired) electrons. The summed E-state index contributed by atoms with van der Waals surface area (Å²) >= 11 is 0. The van der Waals surface area contributed by atoms with E-state index in [1.807, 2.05) is 18.2 Å². The lowest BCUT2D eigenvalue weighted by atomic mass is 10.1. The number of benzene rings is 3. The molecule has 0 aliphatic rings. The molecule has 0 fully saturated rings. The van der Waals surface area contributed by atoms with Crippen LogP contribution < -0.4 is 20.1 Å². The first kappa shape index (κ1) is 22.1. The highest BCUT2D eigenvalue weighted by Gasteiger charge is 2.10. The Bertz CT molecular complexity index is 1150. The molecule has 0 aromatic heterocycles. The van der Waals surface area contributed by atoms with Crippen molar-refractivity contribution >= 4 is 29.3 Å². The van der Waals surface area contributed by atoms with Gasteiger partial charge in [-0.05, 0) is 48.0 Å². The van der Waals surface area contributed by atoms with Gasteiger partial charge < -0.3 is 20.1 Å². The molecule has 160 valence electrons. The number of anilines is 2. The highest BCUT2D eigenvalue weighted by molar-refractivity contribution is 6.09. The van der Waals surface area contributed by atoms with E-state index in [4.69, 9.17) is 9.47 Å². The first-order chi connectivity index (χ1) is 15.6. The maximum absolute atomic E-state index is 12.3. The minimum atomic E-state index is -0.493. The molecule has 7 nitrogen and oxygen atoms in total. The number of amides is 2. The molecule has 0 aliphatic heterocycles. The summed E-state index contributed by atoms with van der Waals surface area (Å²) in [6.07, 6.45) is 1.48. The number of hydrogen-bond donors (Lipinski definition) is 2. The standard InChI is InChI=1S/C25H21N3O4/c1-31-23-10-6-5-9-22(23)28-24(29)17-32-21-13-11-18(12-14-21)15-19(16-26)25(30)27-20-7-3-2-4-8-20/h2-15H,17H2,1H3,(H,27,30)(H,28,29). The van der Waals surface area contributed by atoms with E-state index in [1.54, 1.807) is 66.7 Å². The Morgan fingerprint density at radius 2 is 1.62 bits per heavy atom. The molecule has 0 atom stereocenters. The first-order valence-electron chi connectivity index (χ1n) is 9.73. The van der Waals surface area contributed by atoms with Gasteiger partial charge in [0.15, 0.2) is 6.61 Å². The summed E-state index contributed by atoms with van der Waals surface area (Å²) in [5.41, 5.74) is 1.78. The van der Waals surface area contributed by atoms with Crippen molar-refractivity contribution in [3.05, 3.63) is 90.0 Å². The van der Waals surface area contributed by atoms with Gasteiger partial charge in [-0.2, -0.15) is 5.26 Å². The maximum Gasteiger partial charge on any atom is 0.266 e. The second-order valence-corrected chi connectivity index (χ2v) is 6.60. The van der Waals surface area contributed by atoms with Gasteiger partial charge in [0.1, 0.15) is 23.1 Å². The zero-order valence-electron chi connectivity index (χ0n) is 17.4. The van der Waals surface area contributed by atoms with E-state index in [2.05, 4.69) is 10.6 Å². The molecule has 0 saturated carbocycles. The molecular weight excluding hydrogens is 406 g/mol. The Kier molecular flexibility index (Phi) is 7.60. The second-order valence-electron chi connectivity index (χ2n) is 6.60. The van der Waals surface area contributed by atoms with Crippen molar-refractivity contribution in [3.63, 3.8) is 0 Å². The van der Waals surface area contributed by atoms with E-state index in [-0.39, 0.29) is 18.1 Å². The van der Waals surface area contributed by atoms with Crippen molar-refractivity contribution in [3.8, 4) is 17.6 Å². The van der Waals surface area contributed by atoms with E-state index in [0.717, 1.165) is 0 Å². The molecule has 0 unspecified atom stereocenters. The van der Waals surface area contributed by atoms with Crippen LogP contribution in [0, 0.1) is 11.3 Å². The van der Waals surface area contributed by atoms with E-state index < -0.39 is 5.91 Å². The van der Waals surface area contributed by atoms with Crippen molar-refractivity contribution in [1.82, 2.24) is 0 Å². The lowest BCUT2D eigenvalue weighted by Crippen LogP contribution is -2.20. The normalized spacial score (nSPS) is 10.6. The molecule has 2 N–H and O–H groups in total. The van der Waals surface area contributed by atoms with Gasteiger partial charge >= 0.3 is 0 Å². The fourth-order valence-electron chi connectivity index (χ4n) is 2.78. The predicted octanol–water partition coefficient (Wildman–Crippen LogP) is 4.26. The van der Waals surface area contributed by atoms with E-state index in [9.17, 15) is 14.9 Å². The maximum atomic E-state index is 12.3. The topological polar surface area (TPSA) is 100 Å². The molecule has 0 bridgehead atoms. The van der Waals surface area contributed by atoms with Gasteiger partial charge in [0, 0.05) is 5.69 Å². The number of ether oxygens (including phenoxy) is 2. The number of nitriles is 1. The average molecular weight is 427 g/mol. The molecule has 3 aromatic carbocycles. The third kappa shape index (κ3) is 6.21. The number of hydrogen-bond acceptors (Lipinski definition) is 5. The predicted molar refractivity (Wildman–Crippen MR) is 122 cm³/mol. The van der Waals surface area contributed by atoms with Crippen LogP contribution in [-0.4, -0.2) is 25.5 Å². The molecule has 0 spiro atoms. The van der Waals surface area contributed by atoms with E-state index >= 15 is 0 Å². The van der Waals surface area contributed by atoms with Gasteiger partial charge in [0.25, 0.3) is 11.8 Å². The van der Waals surface area contributed by atoms with Gasteiger partial charge in [-0.15, -0.1) is 0 Å².